The van der Waals surface area contributed by atoms with Gasteiger partial charge in [-0.15, -0.1) is 0 Å². The van der Waals surface area contributed by atoms with Crippen LogP contribution in [0.1, 0.15) is 24.6 Å². The predicted octanol–water partition coefficient (Wildman–Crippen LogP) is 1.41. The van der Waals surface area contributed by atoms with Gasteiger partial charge < -0.3 is 10.1 Å². The molecule has 0 spiro atoms. The normalized spacial score (nSPS) is 21.9. The highest BCUT2D eigenvalue weighted by Crippen LogP contribution is 2.22. The van der Waals surface area contributed by atoms with E-state index in [4.69, 9.17) is 4.74 Å². The van der Waals surface area contributed by atoms with Gasteiger partial charge in [0.1, 0.15) is 11.6 Å². The molecule has 1 atom stereocenters. The number of hydrogen-bond donors (Lipinski definition) is 1. The van der Waals surface area contributed by atoms with E-state index in [9.17, 15) is 0 Å². The number of nitrogens with zero attached hydrogens (tertiary/aromatic N) is 2. The molecule has 0 bridgehead atoms. The molecular formula is C10H15N3O. The third-order valence-electron chi connectivity index (χ3n) is 2.46. The minimum Gasteiger partial charge on any atom is -0.381 e. The van der Waals surface area contributed by atoms with E-state index in [1.807, 2.05) is 13.1 Å². The van der Waals surface area contributed by atoms with Crippen LogP contribution in [0, 0.1) is 0 Å². The van der Waals surface area contributed by atoms with Crippen molar-refractivity contribution >= 4 is 5.82 Å². The standard InChI is InChI=1S/C10H15N3O/c1-11-9-4-5-12-10(13-9)8-3-2-6-14-7-8/h4-5,8H,2-3,6-7H2,1H3,(H,11,12,13). The highest BCUT2D eigenvalue weighted by molar-refractivity contribution is 5.32. The number of rotatable bonds is 2. The molecule has 4 heteroatoms. The summed E-state index contributed by atoms with van der Waals surface area (Å²) in [5, 5.41) is 3.01. The molecule has 0 radical (unpaired) electrons. The van der Waals surface area contributed by atoms with Gasteiger partial charge in [-0.25, -0.2) is 9.97 Å². The van der Waals surface area contributed by atoms with Gasteiger partial charge in [0.25, 0.3) is 0 Å². The van der Waals surface area contributed by atoms with Crippen molar-refractivity contribution in [1.29, 1.82) is 0 Å². The lowest BCUT2D eigenvalue weighted by Gasteiger charge is -2.20. The molecule has 1 unspecified atom stereocenters. The lowest BCUT2D eigenvalue weighted by molar-refractivity contribution is 0.0781. The third kappa shape index (κ3) is 2.01. The fourth-order valence-electron chi connectivity index (χ4n) is 1.65. The highest BCUT2D eigenvalue weighted by atomic mass is 16.5. The molecule has 2 heterocycles. The Balaban J connectivity index is 2.13. The molecule has 0 amide bonds. The minimum absolute atomic E-state index is 0.372. The maximum Gasteiger partial charge on any atom is 0.136 e. The first-order valence-corrected chi connectivity index (χ1v) is 4.98. The van der Waals surface area contributed by atoms with Crippen molar-refractivity contribution in [3.63, 3.8) is 0 Å². The molecule has 1 aromatic heterocycles. The Morgan fingerprint density at radius 2 is 2.50 bits per heavy atom. The summed E-state index contributed by atoms with van der Waals surface area (Å²) in [6.45, 7) is 1.63. The van der Waals surface area contributed by atoms with Crippen molar-refractivity contribution in [3.05, 3.63) is 18.1 Å². The Hall–Kier alpha value is -1.16. The molecule has 1 fully saturated rings. The van der Waals surface area contributed by atoms with E-state index in [1.54, 1.807) is 6.20 Å². The second-order valence-corrected chi connectivity index (χ2v) is 3.46. The maximum atomic E-state index is 5.41. The van der Waals surface area contributed by atoms with Crippen LogP contribution in [0.4, 0.5) is 5.82 Å². The molecule has 76 valence electrons. The van der Waals surface area contributed by atoms with Crippen molar-refractivity contribution in [2.45, 2.75) is 18.8 Å². The number of ether oxygens (including phenoxy) is 1. The Morgan fingerprint density at radius 1 is 1.57 bits per heavy atom. The Bertz CT molecular complexity index is 297. The molecule has 4 nitrogen and oxygen atoms in total. The van der Waals surface area contributed by atoms with Crippen LogP contribution in [-0.4, -0.2) is 30.2 Å². The first-order valence-electron chi connectivity index (χ1n) is 4.98. The van der Waals surface area contributed by atoms with Gasteiger partial charge in [-0.1, -0.05) is 0 Å². The van der Waals surface area contributed by atoms with Crippen molar-refractivity contribution in [1.82, 2.24) is 9.97 Å². The lowest BCUT2D eigenvalue weighted by atomic mass is 10.0. The fraction of sp³-hybridized carbons (Fsp3) is 0.600. The van der Waals surface area contributed by atoms with E-state index in [1.165, 1.54) is 0 Å². The summed E-state index contributed by atoms with van der Waals surface area (Å²) in [5.74, 6) is 2.15. The molecule has 14 heavy (non-hydrogen) atoms. The maximum absolute atomic E-state index is 5.41. The van der Waals surface area contributed by atoms with Crippen LogP contribution < -0.4 is 5.32 Å². The van der Waals surface area contributed by atoms with Gasteiger partial charge in [0, 0.05) is 25.8 Å². The molecule has 1 N–H and O–H groups in total. The van der Waals surface area contributed by atoms with Gasteiger partial charge in [0.05, 0.1) is 6.61 Å². The molecule has 2 rings (SSSR count). The molecular weight excluding hydrogens is 178 g/mol. The predicted molar refractivity (Wildman–Crippen MR) is 54.4 cm³/mol. The zero-order valence-electron chi connectivity index (χ0n) is 8.36. The van der Waals surface area contributed by atoms with E-state index < -0.39 is 0 Å². The average Bonchev–Trinajstić information content (AvgIpc) is 2.30. The van der Waals surface area contributed by atoms with Gasteiger partial charge in [0.2, 0.25) is 0 Å². The first kappa shape index (κ1) is 9.40. The summed E-state index contributed by atoms with van der Waals surface area (Å²) in [7, 11) is 1.86. The largest absolute Gasteiger partial charge is 0.381 e. The monoisotopic (exact) mass is 193 g/mol. The molecule has 1 aliphatic heterocycles. The molecule has 1 aromatic rings. The summed E-state index contributed by atoms with van der Waals surface area (Å²) in [5.41, 5.74) is 0. The number of anilines is 1. The highest BCUT2D eigenvalue weighted by Gasteiger charge is 2.18. The van der Waals surface area contributed by atoms with Crippen LogP contribution in [0.25, 0.3) is 0 Å². The van der Waals surface area contributed by atoms with E-state index in [0.29, 0.717) is 5.92 Å². The van der Waals surface area contributed by atoms with Crippen molar-refractivity contribution < 1.29 is 4.74 Å². The van der Waals surface area contributed by atoms with Crippen molar-refractivity contribution in [2.24, 2.45) is 0 Å². The zero-order chi connectivity index (χ0) is 9.80. The Kier molecular flexibility index (Phi) is 2.93. The summed E-state index contributed by atoms with van der Waals surface area (Å²) in [4.78, 5) is 8.69. The fourth-order valence-corrected chi connectivity index (χ4v) is 1.65. The summed E-state index contributed by atoms with van der Waals surface area (Å²) < 4.78 is 5.41. The smallest absolute Gasteiger partial charge is 0.136 e. The molecule has 1 saturated heterocycles. The molecule has 1 aliphatic rings. The van der Waals surface area contributed by atoms with Crippen LogP contribution in [0.3, 0.4) is 0 Å². The topological polar surface area (TPSA) is 47.0 Å². The Labute approximate surface area is 83.7 Å². The van der Waals surface area contributed by atoms with Gasteiger partial charge in [0.15, 0.2) is 0 Å². The second kappa shape index (κ2) is 4.37. The average molecular weight is 193 g/mol. The van der Waals surface area contributed by atoms with Gasteiger partial charge in [-0.05, 0) is 18.9 Å². The molecule has 0 saturated carbocycles. The van der Waals surface area contributed by atoms with E-state index >= 15 is 0 Å². The van der Waals surface area contributed by atoms with Gasteiger partial charge in [-0.3, -0.25) is 0 Å². The van der Waals surface area contributed by atoms with Gasteiger partial charge in [-0.2, -0.15) is 0 Å². The third-order valence-corrected chi connectivity index (χ3v) is 2.46. The van der Waals surface area contributed by atoms with E-state index in [0.717, 1.165) is 37.7 Å². The lowest BCUT2D eigenvalue weighted by Crippen LogP contribution is -2.18. The first-order chi connectivity index (χ1) is 6.90. The zero-order valence-corrected chi connectivity index (χ0v) is 8.36. The summed E-state index contributed by atoms with van der Waals surface area (Å²) in [6.07, 6.45) is 4.04. The van der Waals surface area contributed by atoms with Crippen LogP contribution in [0.5, 0.6) is 0 Å². The van der Waals surface area contributed by atoms with Crippen LogP contribution in [0.15, 0.2) is 12.3 Å². The van der Waals surface area contributed by atoms with Crippen LogP contribution in [-0.2, 0) is 4.74 Å². The van der Waals surface area contributed by atoms with Crippen molar-refractivity contribution in [2.75, 3.05) is 25.6 Å². The number of nitrogens with one attached hydrogen (secondary N) is 1. The second-order valence-electron chi connectivity index (χ2n) is 3.46. The van der Waals surface area contributed by atoms with Crippen molar-refractivity contribution in [3.8, 4) is 0 Å². The summed E-state index contributed by atoms with van der Waals surface area (Å²) >= 11 is 0. The van der Waals surface area contributed by atoms with E-state index in [-0.39, 0.29) is 0 Å². The number of hydrogen-bond acceptors (Lipinski definition) is 4. The van der Waals surface area contributed by atoms with E-state index in [2.05, 4.69) is 15.3 Å². The minimum atomic E-state index is 0.372. The quantitative estimate of drug-likeness (QED) is 0.771. The van der Waals surface area contributed by atoms with Gasteiger partial charge >= 0.3 is 0 Å². The van der Waals surface area contributed by atoms with Crippen LogP contribution in [0.2, 0.25) is 0 Å². The van der Waals surface area contributed by atoms with Crippen LogP contribution >= 0.6 is 0 Å². The number of aromatic nitrogens is 2. The molecule has 0 aromatic carbocycles. The summed E-state index contributed by atoms with van der Waals surface area (Å²) in [6, 6.07) is 1.87. The Morgan fingerprint density at radius 3 is 3.21 bits per heavy atom. The molecule has 0 aliphatic carbocycles. The SMILES string of the molecule is CNc1ccnc(C2CCCOC2)n1.